The Morgan fingerprint density at radius 1 is 1.25 bits per heavy atom. The average molecular weight is 216 g/mol. The molecule has 0 fully saturated rings. The van der Waals surface area contributed by atoms with Crippen LogP contribution in [0.3, 0.4) is 0 Å². The highest BCUT2D eigenvalue weighted by Gasteiger charge is 2.07. The number of rotatable bonds is 4. The number of aryl methyl sites for hydroxylation is 1. The Morgan fingerprint density at radius 2 is 2.00 bits per heavy atom. The molecule has 1 aromatic heterocycles. The van der Waals surface area contributed by atoms with E-state index < -0.39 is 0 Å². The summed E-state index contributed by atoms with van der Waals surface area (Å²) in [5.74, 6) is 1.02. The summed E-state index contributed by atoms with van der Waals surface area (Å²) < 4.78 is 2.08. The van der Waals surface area contributed by atoms with E-state index >= 15 is 0 Å². The number of aromatic nitrogens is 2. The predicted octanol–water partition coefficient (Wildman–Crippen LogP) is 1.99. The first-order chi connectivity index (χ1) is 7.85. The molecule has 2 rings (SSSR count). The first-order valence-corrected chi connectivity index (χ1v) is 5.53. The van der Waals surface area contributed by atoms with Gasteiger partial charge in [-0.2, -0.15) is 0 Å². The minimum absolute atomic E-state index is 0.0415. The van der Waals surface area contributed by atoms with Crippen molar-refractivity contribution < 1.29 is 5.11 Å². The molecule has 3 heteroatoms. The minimum Gasteiger partial charge on any atom is -0.390 e. The van der Waals surface area contributed by atoms with Crippen LogP contribution in [0.15, 0.2) is 36.5 Å². The number of imidazole rings is 1. The van der Waals surface area contributed by atoms with Crippen LogP contribution in [0.5, 0.6) is 0 Å². The number of aliphatic hydroxyl groups is 1. The van der Waals surface area contributed by atoms with Crippen molar-refractivity contribution in [1.82, 2.24) is 9.55 Å². The smallest absolute Gasteiger partial charge is 0.108 e. The van der Waals surface area contributed by atoms with E-state index in [-0.39, 0.29) is 6.61 Å². The van der Waals surface area contributed by atoms with Crippen molar-refractivity contribution in [3.63, 3.8) is 0 Å². The van der Waals surface area contributed by atoms with Crippen LogP contribution >= 0.6 is 0 Å². The highest BCUT2D eigenvalue weighted by molar-refractivity contribution is 5.17. The van der Waals surface area contributed by atoms with Crippen LogP contribution in [-0.4, -0.2) is 14.7 Å². The second-order valence-corrected chi connectivity index (χ2v) is 3.75. The lowest BCUT2D eigenvalue weighted by molar-refractivity contribution is 0.271. The van der Waals surface area contributed by atoms with E-state index in [1.807, 2.05) is 18.2 Å². The normalized spacial score (nSPS) is 10.6. The van der Waals surface area contributed by atoms with Crippen molar-refractivity contribution in [2.75, 3.05) is 0 Å². The summed E-state index contributed by atoms with van der Waals surface area (Å²) >= 11 is 0. The van der Waals surface area contributed by atoms with E-state index in [9.17, 15) is 5.11 Å². The number of aliphatic hydroxyl groups excluding tert-OH is 1. The minimum atomic E-state index is 0.0415. The first kappa shape index (κ1) is 10.9. The lowest BCUT2D eigenvalue weighted by Crippen LogP contribution is -2.08. The van der Waals surface area contributed by atoms with Crippen LogP contribution < -0.4 is 0 Å². The molecule has 1 heterocycles. The van der Waals surface area contributed by atoms with Gasteiger partial charge in [0, 0.05) is 13.0 Å². The third-order valence-corrected chi connectivity index (χ3v) is 2.68. The van der Waals surface area contributed by atoms with Crippen LogP contribution in [0.2, 0.25) is 0 Å². The molecule has 0 atom stereocenters. The number of nitrogens with zero attached hydrogens (tertiary/aromatic N) is 2. The van der Waals surface area contributed by atoms with E-state index in [0.29, 0.717) is 0 Å². The summed E-state index contributed by atoms with van der Waals surface area (Å²) in [6.45, 7) is 2.89. The summed E-state index contributed by atoms with van der Waals surface area (Å²) in [4.78, 5) is 4.30. The standard InChI is InChI=1S/C13H16N2O/c1-2-13-14-8-12(10-16)15(13)9-11-6-4-3-5-7-11/h3-8,16H,2,9-10H2,1H3. The van der Waals surface area contributed by atoms with E-state index in [1.54, 1.807) is 6.20 Å². The Kier molecular flexibility index (Phi) is 3.37. The second-order valence-electron chi connectivity index (χ2n) is 3.75. The highest BCUT2D eigenvalue weighted by atomic mass is 16.3. The fourth-order valence-corrected chi connectivity index (χ4v) is 1.82. The lowest BCUT2D eigenvalue weighted by atomic mass is 10.2. The van der Waals surface area contributed by atoms with Crippen molar-refractivity contribution in [3.05, 3.63) is 53.6 Å². The Morgan fingerprint density at radius 3 is 2.62 bits per heavy atom. The Labute approximate surface area is 95.4 Å². The van der Waals surface area contributed by atoms with E-state index in [0.717, 1.165) is 24.5 Å². The van der Waals surface area contributed by atoms with Gasteiger partial charge in [0.15, 0.2) is 0 Å². The molecule has 0 unspecified atom stereocenters. The second kappa shape index (κ2) is 4.94. The van der Waals surface area contributed by atoms with Crippen molar-refractivity contribution >= 4 is 0 Å². The number of benzene rings is 1. The zero-order chi connectivity index (χ0) is 11.4. The largest absolute Gasteiger partial charge is 0.390 e. The molecule has 2 aromatic rings. The fraction of sp³-hybridized carbons (Fsp3) is 0.308. The lowest BCUT2D eigenvalue weighted by Gasteiger charge is -2.09. The maximum absolute atomic E-state index is 9.24. The van der Waals surface area contributed by atoms with Crippen molar-refractivity contribution in [1.29, 1.82) is 0 Å². The van der Waals surface area contributed by atoms with Gasteiger partial charge >= 0.3 is 0 Å². The molecule has 0 amide bonds. The average Bonchev–Trinajstić information content (AvgIpc) is 2.72. The van der Waals surface area contributed by atoms with E-state index in [4.69, 9.17) is 0 Å². The Hall–Kier alpha value is -1.61. The molecule has 1 aromatic carbocycles. The van der Waals surface area contributed by atoms with Gasteiger partial charge in [0.25, 0.3) is 0 Å². The summed E-state index contributed by atoms with van der Waals surface area (Å²) in [6.07, 6.45) is 2.63. The maximum atomic E-state index is 9.24. The molecule has 0 saturated carbocycles. The van der Waals surface area contributed by atoms with Crippen LogP contribution in [-0.2, 0) is 19.6 Å². The highest BCUT2D eigenvalue weighted by Crippen LogP contribution is 2.10. The van der Waals surface area contributed by atoms with Gasteiger partial charge in [-0.25, -0.2) is 4.98 Å². The van der Waals surface area contributed by atoms with Crippen LogP contribution in [0.4, 0.5) is 0 Å². The molecule has 0 aliphatic rings. The SMILES string of the molecule is CCc1ncc(CO)n1Cc1ccccc1. The molecular formula is C13H16N2O. The number of hydrogen-bond donors (Lipinski definition) is 1. The van der Waals surface area contributed by atoms with Gasteiger partial charge in [-0.3, -0.25) is 0 Å². The van der Waals surface area contributed by atoms with Gasteiger partial charge in [-0.15, -0.1) is 0 Å². The van der Waals surface area contributed by atoms with E-state index in [1.165, 1.54) is 5.56 Å². The molecule has 0 spiro atoms. The van der Waals surface area contributed by atoms with Crippen molar-refractivity contribution in [2.45, 2.75) is 26.5 Å². The molecule has 0 saturated heterocycles. The molecule has 84 valence electrons. The third-order valence-electron chi connectivity index (χ3n) is 2.68. The van der Waals surface area contributed by atoms with Crippen molar-refractivity contribution in [2.24, 2.45) is 0 Å². The summed E-state index contributed by atoms with van der Waals surface area (Å²) in [5, 5.41) is 9.24. The fourth-order valence-electron chi connectivity index (χ4n) is 1.82. The maximum Gasteiger partial charge on any atom is 0.108 e. The van der Waals surface area contributed by atoms with Gasteiger partial charge in [-0.05, 0) is 5.56 Å². The third kappa shape index (κ3) is 2.14. The molecule has 0 aliphatic heterocycles. The Balaban J connectivity index is 2.29. The van der Waals surface area contributed by atoms with E-state index in [2.05, 4.69) is 28.6 Å². The van der Waals surface area contributed by atoms with Gasteiger partial charge in [0.2, 0.25) is 0 Å². The Bertz CT molecular complexity index is 427. The molecule has 0 radical (unpaired) electrons. The zero-order valence-corrected chi connectivity index (χ0v) is 9.43. The molecule has 0 aliphatic carbocycles. The van der Waals surface area contributed by atoms with Crippen LogP contribution in [0.1, 0.15) is 24.0 Å². The summed E-state index contributed by atoms with van der Waals surface area (Å²) in [5.41, 5.74) is 2.10. The van der Waals surface area contributed by atoms with Crippen LogP contribution in [0, 0.1) is 0 Å². The van der Waals surface area contributed by atoms with Crippen molar-refractivity contribution in [3.8, 4) is 0 Å². The summed E-state index contributed by atoms with van der Waals surface area (Å²) in [7, 11) is 0. The first-order valence-electron chi connectivity index (χ1n) is 5.53. The van der Waals surface area contributed by atoms with Gasteiger partial charge in [0.1, 0.15) is 5.82 Å². The van der Waals surface area contributed by atoms with Crippen LogP contribution in [0.25, 0.3) is 0 Å². The van der Waals surface area contributed by atoms with Gasteiger partial charge < -0.3 is 9.67 Å². The molecule has 16 heavy (non-hydrogen) atoms. The number of hydrogen-bond acceptors (Lipinski definition) is 2. The zero-order valence-electron chi connectivity index (χ0n) is 9.43. The quantitative estimate of drug-likeness (QED) is 0.848. The molecule has 0 bridgehead atoms. The van der Waals surface area contributed by atoms with Gasteiger partial charge in [-0.1, -0.05) is 37.3 Å². The molecule has 1 N–H and O–H groups in total. The monoisotopic (exact) mass is 216 g/mol. The predicted molar refractivity (Wildman–Crippen MR) is 63.1 cm³/mol. The molecular weight excluding hydrogens is 200 g/mol. The van der Waals surface area contributed by atoms with Gasteiger partial charge in [0.05, 0.1) is 18.5 Å². The summed E-state index contributed by atoms with van der Waals surface area (Å²) in [6, 6.07) is 10.2. The molecule has 3 nitrogen and oxygen atoms in total. The topological polar surface area (TPSA) is 38.1 Å².